The van der Waals surface area contributed by atoms with E-state index < -0.39 is 0 Å². The number of rotatable bonds is 5. The van der Waals surface area contributed by atoms with Crippen molar-refractivity contribution in [2.75, 3.05) is 26.3 Å². The Labute approximate surface area is 152 Å². The molecule has 2 aromatic rings. The van der Waals surface area contributed by atoms with Crippen molar-refractivity contribution in [3.8, 4) is 0 Å². The molecule has 2 aliphatic heterocycles. The summed E-state index contributed by atoms with van der Waals surface area (Å²) < 4.78 is 10.8. The van der Waals surface area contributed by atoms with Crippen LogP contribution in [0.15, 0.2) is 23.0 Å². The van der Waals surface area contributed by atoms with Gasteiger partial charge in [-0.2, -0.15) is 4.98 Å². The van der Waals surface area contributed by atoms with Gasteiger partial charge in [0.25, 0.3) is 5.91 Å². The second kappa shape index (κ2) is 7.90. The van der Waals surface area contributed by atoms with Gasteiger partial charge in [-0.05, 0) is 37.7 Å². The van der Waals surface area contributed by atoms with Crippen molar-refractivity contribution >= 4 is 5.91 Å². The first-order valence-electron chi connectivity index (χ1n) is 9.26. The Morgan fingerprint density at radius 3 is 2.81 bits per heavy atom. The van der Waals surface area contributed by atoms with Gasteiger partial charge in [0.15, 0.2) is 5.82 Å². The number of aryl methyl sites for hydroxylation is 1. The number of carbonyl (C=O) groups is 1. The molecule has 0 radical (unpaired) electrons. The lowest BCUT2D eigenvalue weighted by Gasteiger charge is -2.17. The highest BCUT2D eigenvalue weighted by Gasteiger charge is 2.28. The Hall–Kier alpha value is -2.35. The first kappa shape index (κ1) is 17.1. The van der Waals surface area contributed by atoms with E-state index in [9.17, 15) is 4.79 Å². The average molecular weight is 357 g/mol. The van der Waals surface area contributed by atoms with E-state index in [1.165, 1.54) is 0 Å². The zero-order chi connectivity index (χ0) is 17.8. The molecule has 0 N–H and O–H groups in total. The van der Waals surface area contributed by atoms with Gasteiger partial charge in [-0.25, -0.2) is 9.97 Å². The topological polar surface area (TPSA) is 94.2 Å². The third-order valence-corrected chi connectivity index (χ3v) is 5.16. The number of amides is 1. The van der Waals surface area contributed by atoms with Crippen LogP contribution in [0.3, 0.4) is 0 Å². The fourth-order valence-electron chi connectivity index (χ4n) is 3.62. The van der Waals surface area contributed by atoms with Crippen LogP contribution in [-0.2, 0) is 11.2 Å². The number of ether oxygens (including phenoxy) is 1. The number of aromatic nitrogens is 4. The number of carbonyl (C=O) groups excluding carboxylic acids is 1. The summed E-state index contributed by atoms with van der Waals surface area (Å²) in [5, 5.41) is 4.13. The lowest BCUT2D eigenvalue weighted by Crippen LogP contribution is -2.30. The van der Waals surface area contributed by atoms with Gasteiger partial charge in [-0.1, -0.05) is 5.16 Å². The molecular formula is C18H23N5O3. The van der Waals surface area contributed by atoms with E-state index in [1.54, 1.807) is 18.5 Å². The summed E-state index contributed by atoms with van der Waals surface area (Å²) in [6.45, 7) is 3.02. The molecule has 2 saturated heterocycles. The second-order valence-corrected chi connectivity index (χ2v) is 6.95. The standard InChI is InChI=1S/C18H23N5O3/c24-18(16-19-7-1-8-20-16)23-9-4-13(12-23)2-3-15-21-17(26-22-15)14-5-10-25-11-6-14/h1,7-8,13-14H,2-6,9-12H2. The molecule has 0 aliphatic carbocycles. The maximum absolute atomic E-state index is 12.4. The summed E-state index contributed by atoms with van der Waals surface area (Å²) in [6.07, 6.45) is 7.81. The second-order valence-electron chi connectivity index (χ2n) is 6.95. The SMILES string of the molecule is O=C(c1ncccn1)N1CCC(CCc2noc(C3CCOCC3)n2)C1. The van der Waals surface area contributed by atoms with Crippen molar-refractivity contribution in [1.29, 1.82) is 0 Å². The zero-order valence-electron chi connectivity index (χ0n) is 14.7. The van der Waals surface area contributed by atoms with E-state index in [1.807, 2.05) is 4.90 Å². The van der Waals surface area contributed by atoms with Crippen LogP contribution in [0, 0.1) is 5.92 Å². The van der Waals surface area contributed by atoms with Crippen LogP contribution in [0.5, 0.6) is 0 Å². The highest BCUT2D eigenvalue weighted by Crippen LogP contribution is 2.26. The summed E-state index contributed by atoms with van der Waals surface area (Å²) >= 11 is 0. The van der Waals surface area contributed by atoms with Gasteiger partial charge in [-0.15, -0.1) is 0 Å². The summed E-state index contributed by atoms with van der Waals surface area (Å²) in [5.74, 6) is 2.47. The van der Waals surface area contributed by atoms with Crippen molar-refractivity contribution in [3.05, 3.63) is 36.0 Å². The van der Waals surface area contributed by atoms with Crippen LogP contribution in [0.2, 0.25) is 0 Å². The van der Waals surface area contributed by atoms with Gasteiger partial charge < -0.3 is 14.2 Å². The van der Waals surface area contributed by atoms with E-state index in [0.717, 1.165) is 70.1 Å². The molecule has 26 heavy (non-hydrogen) atoms. The van der Waals surface area contributed by atoms with Gasteiger partial charge in [0, 0.05) is 51.0 Å². The van der Waals surface area contributed by atoms with Crippen LogP contribution < -0.4 is 0 Å². The van der Waals surface area contributed by atoms with E-state index in [-0.39, 0.29) is 11.7 Å². The Balaban J connectivity index is 1.27. The minimum atomic E-state index is -0.0885. The predicted molar refractivity (Wildman–Crippen MR) is 91.5 cm³/mol. The minimum absolute atomic E-state index is 0.0885. The zero-order valence-corrected chi connectivity index (χ0v) is 14.7. The van der Waals surface area contributed by atoms with Gasteiger partial charge in [-0.3, -0.25) is 4.79 Å². The fourth-order valence-corrected chi connectivity index (χ4v) is 3.62. The quantitative estimate of drug-likeness (QED) is 0.806. The molecule has 1 amide bonds. The van der Waals surface area contributed by atoms with Crippen LogP contribution in [0.25, 0.3) is 0 Å². The van der Waals surface area contributed by atoms with Crippen LogP contribution in [-0.4, -0.2) is 57.2 Å². The molecule has 4 heterocycles. The third kappa shape index (κ3) is 3.90. The average Bonchev–Trinajstić information content (AvgIpc) is 3.37. The normalized spacial score (nSPS) is 21.2. The van der Waals surface area contributed by atoms with Gasteiger partial charge in [0.1, 0.15) is 0 Å². The molecule has 2 aliphatic rings. The van der Waals surface area contributed by atoms with E-state index >= 15 is 0 Å². The van der Waals surface area contributed by atoms with Crippen molar-refractivity contribution in [1.82, 2.24) is 25.0 Å². The summed E-state index contributed by atoms with van der Waals surface area (Å²) in [6, 6.07) is 1.71. The lowest BCUT2D eigenvalue weighted by molar-refractivity contribution is 0.0773. The van der Waals surface area contributed by atoms with Crippen molar-refractivity contribution in [3.63, 3.8) is 0 Å². The Morgan fingerprint density at radius 1 is 1.19 bits per heavy atom. The predicted octanol–water partition coefficient (Wildman–Crippen LogP) is 1.85. The molecular weight excluding hydrogens is 334 g/mol. The van der Waals surface area contributed by atoms with Crippen molar-refractivity contribution in [2.45, 2.75) is 38.0 Å². The van der Waals surface area contributed by atoms with E-state index in [4.69, 9.17) is 9.26 Å². The third-order valence-electron chi connectivity index (χ3n) is 5.16. The van der Waals surface area contributed by atoms with Crippen molar-refractivity contribution < 1.29 is 14.1 Å². The van der Waals surface area contributed by atoms with E-state index in [2.05, 4.69) is 20.1 Å². The van der Waals surface area contributed by atoms with Crippen LogP contribution in [0.1, 0.15) is 53.9 Å². The lowest BCUT2D eigenvalue weighted by atomic mass is 10.0. The Kier molecular flexibility index (Phi) is 5.19. The molecule has 4 rings (SSSR count). The molecule has 138 valence electrons. The molecule has 0 saturated carbocycles. The maximum atomic E-state index is 12.4. The van der Waals surface area contributed by atoms with Gasteiger partial charge in [0.2, 0.25) is 11.7 Å². The first-order valence-corrected chi connectivity index (χ1v) is 9.26. The summed E-state index contributed by atoms with van der Waals surface area (Å²) in [7, 11) is 0. The van der Waals surface area contributed by atoms with Crippen molar-refractivity contribution in [2.24, 2.45) is 5.92 Å². The highest BCUT2D eigenvalue weighted by atomic mass is 16.5. The molecule has 2 fully saturated rings. The number of hydrogen-bond donors (Lipinski definition) is 0. The Bertz CT molecular complexity index is 729. The molecule has 8 nitrogen and oxygen atoms in total. The van der Waals surface area contributed by atoms with Gasteiger partial charge in [0.05, 0.1) is 0 Å². The number of nitrogens with zero attached hydrogens (tertiary/aromatic N) is 5. The molecule has 8 heteroatoms. The summed E-state index contributed by atoms with van der Waals surface area (Å²) in [4.78, 5) is 26.9. The molecule has 0 aromatic carbocycles. The minimum Gasteiger partial charge on any atom is -0.381 e. The highest BCUT2D eigenvalue weighted by molar-refractivity contribution is 5.90. The van der Waals surface area contributed by atoms with Crippen LogP contribution in [0.4, 0.5) is 0 Å². The van der Waals surface area contributed by atoms with Crippen LogP contribution >= 0.6 is 0 Å². The smallest absolute Gasteiger partial charge is 0.291 e. The molecule has 1 atom stereocenters. The number of likely N-dealkylation sites (tertiary alicyclic amines) is 1. The first-order chi connectivity index (χ1) is 12.8. The molecule has 2 aromatic heterocycles. The maximum Gasteiger partial charge on any atom is 0.291 e. The monoisotopic (exact) mass is 357 g/mol. The molecule has 1 unspecified atom stereocenters. The van der Waals surface area contributed by atoms with E-state index in [0.29, 0.717) is 11.8 Å². The Morgan fingerprint density at radius 2 is 2.00 bits per heavy atom. The molecule has 0 bridgehead atoms. The summed E-state index contributed by atoms with van der Waals surface area (Å²) in [5.41, 5.74) is 0. The number of hydrogen-bond acceptors (Lipinski definition) is 7. The molecule has 0 spiro atoms. The largest absolute Gasteiger partial charge is 0.381 e. The van der Waals surface area contributed by atoms with Gasteiger partial charge >= 0.3 is 0 Å². The fraction of sp³-hybridized carbons (Fsp3) is 0.611.